The quantitative estimate of drug-likeness (QED) is 0.255. The molecule has 0 saturated heterocycles. The molecule has 5 rings (SSSR count). The Kier molecular flexibility index (Phi) is 6.72. The fourth-order valence-electron chi connectivity index (χ4n) is 4.43. The number of hydrogen-bond acceptors (Lipinski definition) is 3. The third kappa shape index (κ3) is 4.95. The molecule has 0 atom stereocenters. The van der Waals surface area contributed by atoms with Crippen molar-refractivity contribution >= 4 is 28.3 Å². The standard InChI is InChI=1S/C30H22ClFN4O/c1-35-19-34-16-24(35)18-36(30(37)22-11-12-28(31)29(32)14-22)17-20-9-10-23(15-33)27(13-20)26-8-4-6-21-5-2-3-7-25(21)26/h2-14,16,19H,17-18H2,1H3. The van der Waals surface area contributed by atoms with Gasteiger partial charge in [0.25, 0.3) is 5.91 Å². The molecule has 37 heavy (non-hydrogen) atoms. The highest BCUT2D eigenvalue weighted by Gasteiger charge is 2.20. The van der Waals surface area contributed by atoms with Gasteiger partial charge in [0.15, 0.2) is 0 Å². The lowest BCUT2D eigenvalue weighted by Gasteiger charge is -2.24. The summed E-state index contributed by atoms with van der Waals surface area (Å²) in [5.74, 6) is -0.988. The normalized spacial score (nSPS) is 10.9. The highest BCUT2D eigenvalue weighted by atomic mass is 35.5. The molecule has 0 bridgehead atoms. The van der Waals surface area contributed by atoms with Crippen LogP contribution in [0.25, 0.3) is 21.9 Å². The maximum Gasteiger partial charge on any atom is 0.254 e. The van der Waals surface area contributed by atoms with Crippen molar-refractivity contribution < 1.29 is 9.18 Å². The SMILES string of the molecule is Cn1cncc1CN(Cc1ccc(C#N)c(-c2cccc3ccccc23)c1)C(=O)c1ccc(Cl)c(F)c1. The van der Waals surface area contributed by atoms with Crippen molar-refractivity contribution in [3.05, 3.63) is 125 Å². The lowest BCUT2D eigenvalue weighted by Crippen LogP contribution is -2.31. The van der Waals surface area contributed by atoms with E-state index in [1.165, 1.54) is 12.1 Å². The molecule has 0 radical (unpaired) electrons. The largest absolute Gasteiger partial charge is 0.336 e. The summed E-state index contributed by atoms with van der Waals surface area (Å²) in [6, 6.07) is 26.0. The Bertz CT molecular complexity index is 1670. The molecule has 0 fully saturated rings. The molecule has 5 nitrogen and oxygen atoms in total. The van der Waals surface area contributed by atoms with Crippen LogP contribution in [0.4, 0.5) is 4.39 Å². The lowest BCUT2D eigenvalue weighted by molar-refractivity contribution is 0.0726. The van der Waals surface area contributed by atoms with Crippen LogP contribution in [-0.2, 0) is 20.1 Å². The molecule has 7 heteroatoms. The fourth-order valence-corrected chi connectivity index (χ4v) is 4.55. The Morgan fingerprint density at radius 1 is 1.03 bits per heavy atom. The number of fused-ring (bicyclic) bond motifs is 1. The van der Waals surface area contributed by atoms with Crippen LogP contribution in [0.5, 0.6) is 0 Å². The van der Waals surface area contributed by atoms with Gasteiger partial charge < -0.3 is 9.47 Å². The van der Waals surface area contributed by atoms with E-state index in [0.29, 0.717) is 5.56 Å². The minimum atomic E-state index is -0.649. The molecule has 0 N–H and O–H groups in total. The number of nitrogens with zero attached hydrogens (tertiary/aromatic N) is 4. The van der Waals surface area contributed by atoms with Crippen LogP contribution in [-0.4, -0.2) is 20.4 Å². The number of halogens is 2. The van der Waals surface area contributed by atoms with Gasteiger partial charge in [0, 0.05) is 30.9 Å². The van der Waals surface area contributed by atoms with E-state index in [2.05, 4.69) is 11.1 Å². The van der Waals surface area contributed by atoms with Gasteiger partial charge in [-0.05, 0) is 52.2 Å². The van der Waals surface area contributed by atoms with E-state index in [4.69, 9.17) is 11.6 Å². The molecule has 1 heterocycles. The molecular weight excluding hydrogens is 487 g/mol. The van der Waals surface area contributed by atoms with Crippen LogP contribution in [0.2, 0.25) is 5.02 Å². The lowest BCUT2D eigenvalue weighted by atomic mass is 9.93. The molecule has 0 aliphatic heterocycles. The van der Waals surface area contributed by atoms with Crippen molar-refractivity contribution in [1.29, 1.82) is 5.26 Å². The Labute approximate surface area is 219 Å². The number of rotatable bonds is 6. The molecule has 0 aliphatic carbocycles. The molecular formula is C30H22ClFN4O. The minimum absolute atomic E-state index is 0.0402. The monoisotopic (exact) mass is 508 g/mol. The fraction of sp³-hybridized carbons (Fsp3) is 0.100. The number of aromatic nitrogens is 2. The summed E-state index contributed by atoms with van der Waals surface area (Å²) in [6.07, 6.45) is 3.36. The van der Waals surface area contributed by atoms with Gasteiger partial charge in [-0.3, -0.25) is 4.79 Å². The zero-order valence-electron chi connectivity index (χ0n) is 20.0. The molecule has 5 aromatic rings. The summed E-state index contributed by atoms with van der Waals surface area (Å²) in [5.41, 5.74) is 4.15. The number of aryl methyl sites for hydroxylation is 1. The van der Waals surface area contributed by atoms with E-state index < -0.39 is 5.82 Å². The Morgan fingerprint density at radius 3 is 2.59 bits per heavy atom. The molecule has 182 valence electrons. The molecule has 4 aromatic carbocycles. The molecule has 0 aliphatic rings. The zero-order chi connectivity index (χ0) is 25.9. The first kappa shape index (κ1) is 24.2. The van der Waals surface area contributed by atoms with E-state index in [1.54, 1.807) is 23.5 Å². The maximum absolute atomic E-state index is 14.2. The average molecular weight is 509 g/mol. The number of hydrogen-bond donors (Lipinski definition) is 0. The van der Waals surface area contributed by atoms with Gasteiger partial charge in [0.2, 0.25) is 0 Å². The summed E-state index contributed by atoms with van der Waals surface area (Å²) < 4.78 is 16.0. The van der Waals surface area contributed by atoms with E-state index in [-0.39, 0.29) is 29.6 Å². The zero-order valence-corrected chi connectivity index (χ0v) is 20.8. The first-order chi connectivity index (χ1) is 17.9. The van der Waals surface area contributed by atoms with Gasteiger partial charge in [-0.1, -0.05) is 60.1 Å². The Balaban J connectivity index is 1.56. The smallest absolute Gasteiger partial charge is 0.254 e. The molecule has 1 amide bonds. The first-order valence-electron chi connectivity index (χ1n) is 11.7. The van der Waals surface area contributed by atoms with E-state index in [9.17, 15) is 14.4 Å². The number of carbonyl (C=O) groups excluding carboxylic acids is 1. The minimum Gasteiger partial charge on any atom is -0.336 e. The van der Waals surface area contributed by atoms with Crippen LogP contribution in [0.1, 0.15) is 27.2 Å². The van der Waals surface area contributed by atoms with Gasteiger partial charge in [-0.15, -0.1) is 0 Å². The van der Waals surface area contributed by atoms with E-state index in [1.807, 2.05) is 66.2 Å². The van der Waals surface area contributed by atoms with E-state index in [0.717, 1.165) is 39.2 Å². The van der Waals surface area contributed by atoms with Crippen molar-refractivity contribution in [2.24, 2.45) is 7.05 Å². The third-order valence-electron chi connectivity index (χ3n) is 6.38. The van der Waals surface area contributed by atoms with Crippen molar-refractivity contribution in [2.75, 3.05) is 0 Å². The molecule has 0 spiro atoms. The highest BCUT2D eigenvalue weighted by Crippen LogP contribution is 2.32. The Hall–Kier alpha value is -4.47. The summed E-state index contributed by atoms with van der Waals surface area (Å²) in [5, 5.41) is 11.9. The van der Waals surface area contributed by atoms with Gasteiger partial charge in [0.05, 0.1) is 35.2 Å². The summed E-state index contributed by atoms with van der Waals surface area (Å²) in [7, 11) is 1.85. The number of nitriles is 1. The Morgan fingerprint density at radius 2 is 1.84 bits per heavy atom. The van der Waals surface area contributed by atoms with Crippen molar-refractivity contribution in [1.82, 2.24) is 14.5 Å². The van der Waals surface area contributed by atoms with Crippen LogP contribution in [0, 0.1) is 17.1 Å². The first-order valence-corrected chi connectivity index (χ1v) is 12.0. The summed E-state index contributed by atoms with van der Waals surface area (Å²) in [4.78, 5) is 19.3. The van der Waals surface area contributed by atoms with Gasteiger partial charge in [0.1, 0.15) is 5.82 Å². The third-order valence-corrected chi connectivity index (χ3v) is 6.69. The summed E-state index contributed by atoms with van der Waals surface area (Å²) in [6.45, 7) is 0.515. The molecule has 1 aromatic heterocycles. The topological polar surface area (TPSA) is 61.9 Å². The second kappa shape index (κ2) is 10.3. The summed E-state index contributed by atoms with van der Waals surface area (Å²) >= 11 is 5.84. The van der Waals surface area contributed by atoms with Crippen LogP contribution in [0.15, 0.2) is 91.4 Å². The van der Waals surface area contributed by atoms with Crippen LogP contribution >= 0.6 is 11.6 Å². The second-order valence-electron chi connectivity index (χ2n) is 8.80. The highest BCUT2D eigenvalue weighted by molar-refractivity contribution is 6.30. The predicted octanol–water partition coefficient (Wildman–Crippen LogP) is 6.75. The van der Waals surface area contributed by atoms with Gasteiger partial charge in [-0.2, -0.15) is 5.26 Å². The number of amides is 1. The van der Waals surface area contributed by atoms with Crippen LogP contribution in [0.3, 0.4) is 0 Å². The van der Waals surface area contributed by atoms with Crippen molar-refractivity contribution in [3.8, 4) is 17.2 Å². The van der Waals surface area contributed by atoms with Gasteiger partial charge in [-0.25, -0.2) is 9.37 Å². The van der Waals surface area contributed by atoms with Crippen molar-refractivity contribution in [2.45, 2.75) is 13.1 Å². The number of carbonyl (C=O) groups is 1. The molecule has 0 saturated carbocycles. The number of imidazole rings is 1. The van der Waals surface area contributed by atoms with Crippen LogP contribution < -0.4 is 0 Å². The predicted molar refractivity (Wildman–Crippen MR) is 142 cm³/mol. The van der Waals surface area contributed by atoms with Crippen molar-refractivity contribution in [3.63, 3.8) is 0 Å². The second-order valence-corrected chi connectivity index (χ2v) is 9.21. The maximum atomic E-state index is 14.2. The van der Waals surface area contributed by atoms with Gasteiger partial charge >= 0.3 is 0 Å². The molecule has 0 unspecified atom stereocenters. The number of benzene rings is 4. The average Bonchev–Trinajstić information content (AvgIpc) is 3.33. The van der Waals surface area contributed by atoms with E-state index >= 15 is 0 Å².